The highest BCUT2D eigenvalue weighted by Gasteiger charge is 2.25. The molecule has 1 saturated heterocycles. The average Bonchev–Trinajstić information content (AvgIpc) is 3.16. The van der Waals surface area contributed by atoms with Gasteiger partial charge in [0.05, 0.1) is 17.0 Å². The predicted molar refractivity (Wildman–Crippen MR) is 203 cm³/mol. The zero-order valence-corrected chi connectivity index (χ0v) is 29.8. The van der Waals surface area contributed by atoms with Gasteiger partial charge < -0.3 is 14.5 Å². The number of nitrogens with zero attached hydrogens (tertiary/aromatic N) is 4. The van der Waals surface area contributed by atoms with E-state index in [4.69, 9.17) is 4.74 Å². The molecule has 1 fully saturated rings. The highest BCUT2D eigenvalue weighted by Crippen LogP contribution is 2.30. The molecule has 0 unspecified atom stereocenters. The molecule has 0 bridgehead atoms. The van der Waals surface area contributed by atoms with Gasteiger partial charge in [-0.2, -0.15) is 0 Å². The molecular weight excluding hydrogens is 648 g/mol. The zero-order chi connectivity index (χ0) is 34.2. The van der Waals surface area contributed by atoms with Crippen LogP contribution in [-0.4, -0.2) is 52.7 Å². The molecule has 8 nitrogen and oxygen atoms in total. The van der Waals surface area contributed by atoms with E-state index < -0.39 is 11.2 Å². The second-order valence-electron chi connectivity index (χ2n) is 12.9. The molecule has 50 heavy (non-hydrogen) atoms. The number of likely N-dealkylation sites (N-methyl/N-ethyl adjacent to an activating group) is 1. The minimum absolute atomic E-state index is 0. The summed E-state index contributed by atoms with van der Waals surface area (Å²) in [6.07, 6.45) is 4.50. The number of aromatic nitrogens is 2. The summed E-state index contributed by atoms with van der Waals surface area (Å²) in [6.45, 7) is 5.05. The summed E-state index contributed by atoms with van der Waals surface area (Å²) >= 11 is 0. The summed E-state index contributed by atoms with van der Waals surface area (Å²) < 4.78 is 9.49. The molecule has 5 aromatic rings. The number of carbonyl (C=O) groups is 1. The van der Waals surface area contributed by atoms with Crippen LogP contribution in [0, 0.1) is 0 Å². The van der Waals surface area contributed by atoms with Crippen molar-refractivity contribution in [2.75, 3.05) is 31.6 Å². The van der Waals surface area contributed by atoms with E-state index in [1.54, 1.807) is 28.6 Å². The van der Waals surface area contributed by atoms with Crippen molar-refractivity contribution < 1.29 is 9.53 Å². The number of benzene rings is 4. The van der Waals surface area contributed by atoms with Crippen molar-refractivity contribution in [3.8, 4) is 0 Å². The molecule has 0 aliphatic carbocycles. The molecule has 0 N–H and O–H groups in total. The van der Waals surface area contributed by atoms with Gasteiger partial charge in [-0.1, -0.05) is 97.9 Å². The van der Waals surface area contributed by atoms with Crippen LogP contribution in [0.15, 0.2) is 119 Å². The lowest BCUT2D eigenvalue weighted by molar-refractivity contribution is -0.119. The number of rotatable bonds is 13. The van der Waals surface area contributed by atoms with Gasteiger partial charge in [-0.25, -0.2) is 4.79 Å². The number of likely N-dealkylation sites (tertiary alicyclic amines) is 1. The van der Waals surface area contributed by atoms with Crippen molar-refractivity contribution in [1.82, 2.24) is 14.0 Å². The van der Waals surface area contributed by atoms with Gasteiger partial charge >= 0.3 is 5.69 Å². The van der Waals surface area contributed by atoms with E-state index in [9.17, 15) is 14.4 Å². The minimum atomic E-state index is -0.446. The van der Waals surface area contributed by atoms with E-state index in [2.05, 4.69) is 53.4 Å². The Bertz CT molecular complexity index is 1930. The first-order valence-electron chi connectivity index (χ1n) is 17.5. The number of anilines is 1. The Labute approximate surface area is 300 Å². The summed E-state index contributed by atoms with van der Waals surface area (Å²) in [6, 6.07) is 35.8. The van der Waals surface area contributed by atoms with Crippen molar-refractivity contribution >= 4 is 34.9 Å². The lowest BCUT2D eigenvalue weighted by Gasteiger charge is -2.34. The molecule has 262 valence electrons. The number of unbranched alkanes of at least 4 members (excludes halogenated alkanes) is 1. The van der Waals surface area contributed by atoms with Crippen LogP contribution in [0.1, 0.15) is 55.4 Å². The summed E-state index contributed by atoms with van der Waals surface area (Å²) in [7, 11) is 1.70. The maximum Gasteiger partial charge on any atom is 0.331 e. The van der Waals surface area contributed by atoms with Crippen LogP contribution >= 0.6 is 12.4 Å². The quantitative estimate of drug-likeness (QED) is 0.126. The first kappa shape index (κ1) is 36.8. The number of para-hydroxylation sites is 2. The molecule has 6 rings (SSSR count). The van der Waals surface area contributed by atoms with E-state index in [1.165, 1.54) is 11.1 Å². The Morgan fingerprint density at radius 2 is 1.36 bits per heavy atom. The third-order valence-corrected chi connectivity index (χ3v) is 9.71. The number of halogens is 1. The summed E-state index contributed by atoms with van der Waals surface area (Å²) in [5, 5.41) is 0.442. The highest BCUT2D eigenvalue weighted by atomic mass is 35.5. The van der Waals surface area contributed by atoms with Crippen LogP contribution in [0.5, 0.6) is 0 Å². The molecule has 0 saturated carbocycles. The number of fused-ring (bicyclic) bond motifs is 1. The molecule has 1 aliphatic rings. The smallest absolute Gasteiger partial charge is 0.331 e. The van der Waals surface area contributed by atoms with Crippen molar-refractivity contribution in [2.24, 2.45) is 0 Å². The van der Waals surface area contributed by atoms with Crippen molar-refractivity contribution in [2.45, 2.75) is 64.3 Å². The molecule has 0 atom stereocenters. The van der Waals surface area contributed by atoms with E-state index in [0.717, 1.165) is 67.6 Å². The fourth-order valence-corrected chi connectivity index (χ4v) is 6.91. The number of carbonyl (C=O) groups excluding carboxylic acids is 1. The van der Waals surface area contributed by atoms with E-state index >= 15 is 0 Å². The average molecular weight is 695 g/mol. The molecule has 9 heteroatoms. The fourth-order valence-electron chi connectivity index (χ4n) is 6.91. The van der Waals surface area contributed by atoms with Crippen LogP contribution in [0.4, 0.5) is 5.69 Å². The largest absolute Gasteiger partial charge is 0.365 e. The summed E-state index contributed by atoms with van der Waals surface area (Å²) in [4.78, 5) is 44.7. The number of amides is 1. The Morgan fingerprint density at radius 3 is 2.02 bits per heavy atom. The Balaban J connectivity index is 0.00000486. The van der Waals surface area contributed by atoms with Gasteiger partial charge in [0, 0.05) is 32.4 Å². The molecule has 1 aliphatic heterocycles. The van der Waals surface area contributed by atoms with Crippen LogP contribution in [0.25, 0.3) is 10.9 Å². The summed E-state index contributed by atoms with van der Waals surface area (Å²) in [5.41, 5.74) is 3.88. The number of hydrogen-bond donors (Lipinski definition) is 0. The summed E-state index contributed by atoms with van der Waals surface area (Å²) in [5.74, 6) is -0.312. The van der Waals surface area contributed by atoms with Crippen molar-refractivity contribution in [1.29, 1.82) is 0 Å². The lowest BCUT2D eigenvalue weighted by atomic mass is 10.00. The van der Waals surface area contributed by atoms with Crippen molar-refractivity contribution in [3.05, 3.63) is 147 Å². The third kappa shape index (κ3) is 8.44. The Hall–Kier alpha value is -4.50. The second-order valence-corrected chi connectivity index (χ2v) is 12.9. The Kier molecular flexibility index (Phi) is 12.8. The number of hydrogen-bond acceptors (Lipinski definition) is 5. The van der Waals surface area contributed by atoms with Crippen LogP contribution < -0.4 is 16.1 Å². The molecule has 1 amide bonds. The van der Waals surface area contributed by atoms with Gasteiger partial charge in [-0.3, -0.25) is 18.7 Å². The maximum absolute atomic E-state index is 13.8. The first-order valence-corrected chi connectivity index (χ1v) is 17.5. The normalized spacial score (nSPS) is 13.7. The zero-order valence-electron chi connectivity index (χ0n) is 28.9. The van der Waals surface area contributed by atoms with Gasteiger partial charge in [0.1, 0.15) is 12.6 Å². The fraction of sp³-hybridized carbons (Fsp3) is 0.341. The van der Waals surface area contributed by atoms with Crippen molar-refractivity contribution in [3.63, 3.8) is 0 Å². The van der Waals surface area contributed by atoms with Crippen LogP contribution in [0.3, 0.4) is 0 Å². The number of piperidine rings is 1. The van der Waals surface area contributed by atoms with E-state index in [1.807, 2.05) is 55.5 Å². The third-order valence-electron chi connectivity index (χ3n) is 9.71. The molecule has 1 aromatic heterocycles. The standard InChI is InChI=1S/C41H46N4O4.ClH/c1-3-31-16-10-12-22-36(31)42(2)38(46)30-45-40(47)35-21-11-13-23-37(35)44(41(45)48)27-15-14-26-43-28-24-34(25-29-43)49-39(32-17-6-4-7-18-32)33-19-8-5-9-20-33;/h4-13,16-23,34,39H,3,14-15,24-30H2,1-2H3;1H. The monoisotopic (exact) mass is 694 g/mol. The van der Waals surface area contributed by atoms with Gasteiger partial charge in [-0.15, -0.1) is 12.4 Å². The lowest BCUT2D eigenvalue weighted by Crippen LogP contribution is -2.44. The maximum atomic E-state index is 13.8. The molecule has 2 heterocycles. The van der Waals surface area contributed by atoms with Crippen LogP contribution in [-0.2, 0) is 29.0 Å². The van der Waals surface area contributed by atoms with Gasteiger partial charge in [0.25, 0.3) is 5.56 Å². The molecular formula is C41H47ClN4O4. The minimum Gasteiger partial charge on any atom is -0.365 e. The molecule has 0 spiro atoms. The second kappa shape index (κ2) is 17.4. The van der Waals surface area contributed by atoms with E-state index in [0.29, 0.717) is 17.4 Å². The van der Waals surface area contributed by atoms with Gasteiger partial charge in [0.15, 0.2) is 0 Å². The van der Waals surface area contributed by atoms with Gasteiger partial charge in [-0.05, 0) is 73.5 Å². The van der Waals surface area contributed by atoms with Gasteiger partial charge in [0.2, 0.25) is 5.91 Å². The first-order chi connectivity index (χ1) is 23.9. The highest BCUT2D eigenvalue weighted by molar-refractivity contribution is 5.93. The molecule has 0 radical (unpaired) electrons. The Morgan fingerprint density at radius 1 is 0.780 bits per heavy atom. The predicted octanol–water partition coefficient (Wildman–Crippen LogP) is 6.86. The SMILES string of the molecule is CCc1ccccc1N(C)C(=O)Cn1c(=O)c2ccccc2n(CCCCN2CCC(OC(c3ccccc3)c3ccccc3)CC2)c1=O.Cl. The van der Waals surface area contributed by atoms with E-state index in [-0.39, 0.29) is 37.1 Å². The number of ether oxygens (including phenoxy) is 1. The van der Waals surface area contributed by atoms with Crippen LogP contribution in [0.2, 0.25) is 0 Å². The topological polar surface area (TPSA) is 76.8 Å². The molecule has 4 aromatic carbocycles. The number of aryl methyl sites for hydroxylation is 2.